The van der Waals surface area contributed by atoms with Gasteiger partial charge >= 0.3 is 0 Å². The van der Waals surface area contributed by atoms with Crippen molar-refractivity contribution >= 4 is 17.2 Å². The summed E-state index contributed by atoms with van der Waals surface area (Å²) in [6, 6.07) is 9.77. The molecule has 24 heavy (non-hydrogen) atoms. The molecule has 1 atom stereocenters. The van der Waals surface area contributed by atoms with Gasteiger partial charge in [-0.15, -0.1) is 0 Å². The number of imidazole rings is 1. The van der Waals surface area contributed by atoms with E-state index in [1.807, 2.05) is 49.1 Å². The first-order valence-corrected chi connectivity index (χ1v) is 8.64. The molecule has 0 bridgehead atoms. The lowest BCUT2D eigenvalue weighted by Crippen LogP contribution is -2.34. The van der Waals surface area contributed by atoms with Crippen LogP contribution in [0.4, 0.5) is 0 Å². The van der Waals surface area contributed by atoms with Crippen LogP contribution in [0.25, 0.3) is 5.69 Å². The van der Waals surface area contributed by atoms with Crippen molar-refractivity contribution in [2.45, 2.75) is 6.04 Å². The van der Waals surface area contributed by atoms with Gasteiger partial charge < -0.3 is 14.8 Å². The van der Waals surface area contributed by atoms with E-state index in [1.54, 1.807) is 23.9 Å². The predicted molar refractivity (Wildman–Crippen MR) is 96.6 cm³/mol. The van der Waals surface area contributed by atoms with Crippen molar-refractivity contribution in [1.82, 2.24) is 19.8 Å². The number of nitrogens with zero attached hydrogens (tertiary/aromatic N) is 3. The van der Waals surface area contributed by atoms with Crippen molar-refractivity contribution in [2.75, 3.05) is 20.6 Å². The van der Waals surface area contributed by atoms with Gasteiger partial charge in [0.05, 0.1) is 12.4 Å². The smallest absolute Gasteiger partial charge is 0.251 e. The van der Waals surface area contributed by atoms with Crippen molar-refractivity contribution in [3.63, 3.8) is 0 Å². The second kappa shape index (κ2) is 7.42. The number of amides is 1. The first-order valence-electron chi connectivity index (χ1n) is 7.70. The van der Waals surface area contributed by atoms with Gasteiger partial charge in [0.1, 0.15) is 0 Å². The lowest BCUT2D eigenvalue weighted by molar-refractivity contribution is 0.0942. The van der Waals surface area contributed by atoms with E-state index in [-0.39, 0.29) is 11.9 Å². The summed E-state index contributed by atoms with van der Waals surface area (Å²) < 4.78 is 1.90. The number of benzene rings is 1. The van der Waals surface area contributed by atoms with Crippen LogP contribution in [-0.4, -0.2) is 41.0 Å². The number of hydrogen-bond donors (Lipinski definition) is 1. The second-order valence-corrected chi connectivity index (χ2v) is 6.54. The summed E-state index contributed by atoms with van der Waals surface area (Å²) in [4.78, 5) is 18.5. The molecule has 1 N–H and O–H groups in total. The van der Waals surface area contributed by atoms with Gasteiger partial charge in [0.15, 0.2) is 0 Å². The lowest BCUT2D eigenvalue weighted by Gasteiger charge is -2.24. The van der Waals surface area contributed by atoms with Crippen LogP contribution in [0.5, 0.6) is 0 Å². The summed E-state index contributed by atoms with van der Waals surface area (Å²) in [5.41, 5.74) is 2.86. The standard InChI is InChI=1S/C18H20N4OS/c1-21(2)17(15-7-10-24-12-15)11-20-18(23)14-3-5-16(6-4-14)22-9-8-19-13-22/h3-10,12-13,17H,11H2,1-2H3,(H,20,23)/t17-/m1/s1. The quantitative estimate of drug-likeness (QED) is 0.750. The molecule has 1 amide bonds. The Balaban J connectivity index is 1.64. The molecule has 124 valence electrons. The fraction of sp³-hybridized carbons (Fsp3) is 0.222. The summed E-state index contributed by atoms with van der Waals surface area (Å²) in [6.45, 7) is 0.575. The van der Waals surface area contributed by atoms with E-state index in [4.69, 9.17) is 0 Å². The SMILES string of the molecule is CN(C)[C@H](CNC(=O)c1ccc(-n2ccnc2)cc1)c1ccsc1. The number of likely N-dealkylation sites (N-methyl/N-ethyl adjacent to an activating group) is 1. The minimum absolute atomic E-state index is 0.0609. The molecule has 3 aromatic rings. The maximum atomic E-state index is 12.4. The second-order valence-electron chi connectivity index (χ2n) is 5.76. The van der Waals surface area contributed by atoms with Gasteiger partial charge in [-0.2, -0.15) is 11.3 Å². The van der Waals surface area contributed by atoms with Crippen LogP contribution >= 0.6 is 11.3 Å². The third-order valence-corrected chi connectivity index (χ3v) is 4.64. The highest BCUT2D eigenvalue weighted by atomic mass is 32.1. The van der Waals surface area contributed by atoms with Crippen LogP contribution in [0, 0.1) is 0 Å². The zero-order valence-electron chi connectivity index (χ0n) is 13.7. The normalized spacial score (nSPS) is 12.3. The Labute approximate surface area is 145 Å². The number of nitrogens with one attached hydrogen (secondary N) is 1. The number of thiophene rings is 1. The molecule has 0 saturated heterocycles. The molecule has 2 heterocycles. The molecule has 0 radical (unpaired) electrons. The number of rotatable bonds is 6. The van der Waals surface area contributed by atoms with Crippen LogP contribution in [0.15, 0.2) is 59.8 Å². The zero-order valence-corrected chi connectivity index (χ0v) is 14.5. The maximum absolute atomic E-state index is 12.4. The molecular weight excluding hydrogens is 320 g/mol. The molecule has 0 spiro atoms. The summed E-state index contributed by atoms with van der Waals surface area (Å²) in [7, 11) is 4.04. The molecular formula is C18H20N4OS. The number of hydrogen-bond acceptors (Lipinski definition) is 4. The third-order valence-electron chi connectivity index (χ3n) is 3.94. The van der Waals surface area contributed by atoms with Crippen molar-refractivity contribution in [3.05, 3.63) is 70.9 Å². The van der Waals surface area contributed by atoms with Crippen molar-refractivity contribution in [2.24, 2.45) is 0 Å². The molecule has 0 aliphatic rings. The Morgan fingerprint density at radius 2 is 2.08 bits per heavy atom. The largest absolute Gasteiger partial charge is 0.350 e. The van der Waals surface area contributed by atoms with E-state index in [1.165, 1.54) is 5.56 Å². The molecule has 0 saturated carbocycles. The zero-order chi connectivity index (χ0) is 16.9. The molecule has 0 aliphatic carbocycles. The fourth-order valence-corrected chi connectivity index (χ4v) is 3.26. The summed E-state index contributed by atoms with van der Waals surface area (Å²) in [6.07, 6.45) is 5.33. The van der Waals surface area contributed by atoms with Gasteiger partial charge in [-0.1, -0.05) is 0 Å². The van der Waals surface area contributed by atoms with Crippen molar-refractivity contribution in [3.8, 4) is 5.69 Å². The minimum Gasteiger partial charge on any atom is -0.350 e. The van der Waals surface area contributed by atoms with Gasteiger partial charge in [-0.25, -0.2) is 4.98 Å². The van der Waals surface area contributed by atoms with E-state index in [2.05, 4.69) is 32.0 Å². The van der Waals surface area contributed by atoms with Gasteiger partial charge in [-0.05, 0) is 60.8 Å². The van der Waals surface area contributed by atoms with Crippen LogP contribution in [-0.2, 0) is 0 Å². The highest BCUT2D eigenvalue weighted by molar-refractivity contribution is 7.07. The van der Waals surface area contributed by atoms with Gasteiger partial charge in [0.2, 0.25) is 0 Å². The first kappa shape index (κ1) is 16.4. The first-order chi connectivity index (χ1) is 11.6. The number of aromatic nitrogens is 2. The predicted octanol–water partition coefficient (Wildman–Crippen LogP) is 2.97. The molecule has 0 aliphatic heterocycles. The molecule has 6 heteroatoms. The third kappa shape index (κ3) is 3.72. The van der Waals surface area contributed by atoms with Gasteiger partial charge in [-0.3, -0.25) is 4.79 Å². The van der Waals surface area contributed by atoms with Crippen LogP contribution in [0.2, 0.25) is 0 Å². The van der Waals surface area contributed by atoms with E-state index in [0.29, 0.717) is 12.1 Å². The average Bonchev–Trinajstić information content (AvgIpc) is 3.28. The van der Waals surface area contributed by atoms with Gasteiger partial charge in [0.25, 0.3) is 5.91 Å². The topological polar surface area (TPSA) is 50.2 Å². The summed E-state index contributed by atoms with van der Waals surface area (Å²) in [5, 5.41) is 7.21. The average molecular weight is 340 g/mol. The molecule has 1 aromatic carbocycles. The van der Waals surface area contributed by atoms with Gasteiger partial charge in [0, 0.05) is 30.2 Å². The Hall–Kier alpha value is -2.44. The Bertz CT molecular complexity index is 764. The summed E-state index contributed by atoms with van der Waals surface area (Å²) >= 11 is 1.67. The molecule has 0 fully saturated rings. The number of carbonyl (C=O) groups is 1. The Morgan fingerprint density at radius 1 is 1.29 bits per heavy atom. The molecule has 5 nitrogen and oxygen atoms in total. The van der Waals surface area contributed by atoms with E-state index in [9.17, 15) is 4.79 Å². The lowest BCUT2D eigenvalue weighted by atomic mass is 10.1. The Kier molecular flexibility index (Phi) is 5.08. The van der Waals surface area contributed by atoms with Crippen molar-refractivity contribution < 1.29 is 4.79 Å². The van der Waals surface area contributed by atoms with E-state index < -0.39 is 0 Å². The van der Waals surface area contributed by atoms with Crippen molar-refractivity contribution in [1.29, 1.82) is 0 Å². The molecule has 3 rings (SSSR count). The van der Waals surface area contributed by atoms with E-state index in [0.717, 1.165) is 5.69 Å². The highest BCUT2D eigenvalue weighted by Gasteiger charge is 2.16. The van der Waals surface area contributed by atoms with E-state index >= 15 is 0 Å². The van der Waals surface area contributed by atoms with Crippen LogP contribution < -0.4 is 5.32 Å². The Morgan fingerprint density at radius 3 is 2.67 bits per heavy atom. The molecule has 0 unspecified atom stereocenters. The highest BCUT2D eigenvalue weighted by Crippen LogP contribution is 2.20. The monoisotopic (exact) mass is 340 g/mol. The number of carbonyl (C=O) groups excluding carboxylic acids is 1. The summed E-state index contributed by atoms with van der Waals surface area (Å²) in [5.74, 6) is -0.0609. The maximum Gasteiger partial charge on any atom is 0.251 e. The van der Waals surface area contributed by atoms with Crippen LogP contribution in [0.1, 0.15) is 22.0 Å². The minimum atomic E-state index is -0.0609. The molecule has 2 aromatic heterocycles. The van der Waals surface area contributed by atoms with Crippen LogP contribution in [0.3, 0.4) is 0 Å². The fourth-order valence-electron chi connectivity index (χ4n) is 2.55.